The van der Waals surface area contributed by atoms with Crippen molar-refractivity contribution in [1.82, 2.24) is 10.2 Å². The second kappa shape index (κ2) is 5.26. The number of amides is 1. The third kappa shape index (κ3) is 2.62. The number of rotatable bonds is 3. The van der Waals surface area contributed by atoms with Gasteiger partial charge in [0.25, 0.3) is 0 Å². The van der Waals surface area contributed by atoms with E-state index in [9.17, 15) is 4.79 Å². The van der Waals surface area contributed by atoms with Gasteiger partial charge in [0.15, 0.2) is 0 Å². The van der Waals surface area contributed by atoms with Crippen molar-refractivity contribution in [2.75, 3.05) is 26.7 Å². The molecule has 0 aromatic carbocycles. The molecule has 1 aliphatic heterocycles. The topological polar surface area (TPSA) is 32.3 Å². The van der Waals surface area contributed by atoms with Gasteiger partial charge in [-0.05, 0) is 87.6 Å². The van der Waals surface area contributed by atoms with Crippen LogP contribution in [0, 0.1) is 29.1 Å². The Labute approximate surface area is 128 Å². The summed E-state index contributed by atoms with van der Waals surface area (Å²) in [4.78, 5) is 14.8. The number of piperidine rings is 1. The molecule has 4 saturated carbocycles. The van der Waals surface area contributed by atoms with E-state index < -0.39 is 0 Å². The molecular weight excluding hydrogens is 260 g/mol. The summed E-state index contributed by atoms with van der Waals surface area (Å²) < 4.78 is 0. The van der Waals surface area contributed by atoms with Gasteiger partial charge in [-0.15, -0.1) is 0 Å². The van der Waals surface area contributed by atoms with E-state index in [1.165, 1.54) is 38.5 Å². The minimum atomic E-state index is 0.283. The van der Waals surface area contributed by atoms with Crippen LogP contribution in [0.1, 0.15) is 51.4 Å². The molecule has 5 rings (SSSR count). The van der Waals surface area contributed by atoms with Crippen LogP contribution in [0.4, 0.5) is 0 Å². The first-order valence-electron chi connectivity index (χ1n) is 9.09. The second-order valence-electron chi connectivity index (χ2n) is 8.64. The number of carbonyl (C=O) groups excluding carboxylic acids is 1. The van der Waals surface area contributed by atoms with Crippen LogP contribution in [0.25, 0.3) is 0 Å². The maximum atomic E-state index is 12.7. The van der Waals surface area contributed by atoms with E-state index in [0.717, 1.165) is 50.2 Å². The maximum absolute atomic E-state index is 12.7. The van der Waals surface area contributed by atoms with Gasteiger partial charge in [-0.2, -0.15) is 0 Å². The van der Waals surface area contributed by atoms with Crippen LogP contribution in [0.15, 0.2) is 0 Å². The number of hydrogen-bond acceptors (Lipinski definition) is 2. The molecule has 21 heavy (non-hydrogen) atoms. The molecule has 1 saturated heterocycles. The van der Waals surface area contributed by atoms with Crippen molar-refractivity contribution in [1.29, 1.82) is 0 Å². The summed E-state index contributed by atoms with van der Waals surface area (Å²) in [6.07, 6.45) is 10.8. The van der Waals surface area contributed by atoms with Gasteiger partial charge in [0, 0.05) is 19.5 Å². The molecular formula is C18H30N2O. The monoisotopic (exact) mass is 290 g/mol. The van der Waals surface area contributed by atoms with E-state index in [2.05, 4.69) is 17.3 Å². The summed E-state index contributed by atoms with van der Waals surface area (Å²) in [5.74, 6) is 3.66. The van der Waals surface area contributed by atoms with Crippen LogP contribution >= 0.6 is 0 Å². The zero-order valence-corrected chi connectivity index (χ0v) is 13.4. The highest BCUT2D eigenvalue weighted by Crippen LogP contribution is 2.60. The number of hydrogen-bond donors (Lipinski definition) is 1. The van der Waals surface area contributed by atoms with E-state index in [1.807, 2.05) is 0 Å². The van der Waals surface area contributed by atoms with Crippen LogP contribution in [0.5, 0.6) is 0 Å². The van der Waals surface area contributed by atoms with Crippen molar-refractivity contribution in [3.8, 4) is 0 Å². The zero-order valence-electron chi connectivity index (χ0n) is 13.4. The van der Waals surface area contributed by atoms with Crippen LogP contribution in [0.3, 0.4) is 0 Å². The van der Waals surface area contributed by atoms with Crippen molar-refractivity contribution in [3.05, 3.63) is 0 Å². The molecule has 0 radical (unpaired) electrons. The van der Waals surface area contributed by atoms with E-state index in [-0.39, 0.29) is 5.92 Å². The van der Waals surface area contributed by atoms with Crippen LogP contribution < -0.4 is 5.32 Å². The smallest absolute Gasteiger partial charge is 0.225 e. The SMILES string of the molecule is CN(CC12CC3CC(CC(C3)C1)C2)C(=O)C1CCNCC1. The summed E-state index contributed by atoms with van der Waals surface area (Å²) in [5.41, 5.74) is 0.492. The summed E-state index contributed by atoms with van der Waals surface area (Å²) >= 11 is 0. The van der Waals surface area contributed by atoms with Gasteiger partial charge in [-0.25, -0.2) is 0 Å². The minimum Gasteiger partial charge on any atom is -0.345 e. The predicted molar refractivity (Wildman–Crippen MR) is 83.8 cm³/mol. The third-order valence-electron chi connectivity index (χ3n) is 6.80. The highest BCUT2D eigenvalue weighted by Gasteiger charge is 2.51. The van der Waals surface area contributed by atoms with E-state index in [0.29, 0.717) is 11.3 Å². The molecule has 4 aliphatic carbocycles. The largest absolute Gasteiger partial charge is 0.345 e. The van der Waals surface area contributed by atoms with Crippen molar-refractivity contribution in [2.45, 2.75) is 51.4 Å². The summed E-state index contributed by atoms with van der Waals surface area (Å²) in [7, 11) is 2.07. The molecule has 1 amide bonds. The highest BCUT2D eigenvalue weighted by atomic mass is 16.2. The molecule has 0 atom stereocenters. The third-order valence-corrected chi connectivity index (χ3v) is 6.80. The molecule has 5 aliphatic rings. The standard InChI is InChI=1S/C18H30N2O/c1-20(17(21)16-2-4-19-5-3-16)12-18-9-13-6-14(10-18)8-15(7-13)11-18/h13-16,19H,2-12H2,1H3. The molecule has 0 aromatic rings. The molecule has 118 valence electrons. The van der Waals surface area contributed by atoms with Gasteiger partial charge in [-0.3, -0.25) is 4.79 Å². The Kier molecular flexibility index (Phi) is 3.52. The Bertz CT molecular complexity index is 378. The van der Waals surface area contributed by atoms with Crippen molar-refractivity contribution in [3.63, 3.8) is 0 Å². The first kappa shape index (κ1) is 14.0. The van der Waals surface area contributed by atoms with Crippen molar-refractivity contribution < 1.29 is 4.79 Å². The molecule has 1 heterocycles. The van der Waals surface area contributed by atoms with Gasteiger partial charge in [0.2, 0.25) is 5.91 Å². The highest BCUT2D eigenvalue weighted by molar-refractivity contribution is 5.78. The van der Waals surface area contributed by atoms with Crippen LogP contribution in [0.2, 0.25) is 0 Å². The Balaban J connectivity index is 1.41. The molecule has 5 fully saturated rings. The van der Waals surface area contributed by atoms with E-state index in [1.54, 1.807) is 0 Å². The van der Waals surface area contributed by atoms with Crippen molar-refractivity contribution in [2.24, 2.45) is 29.1 Å². The molecule has 0 spiro atoms. The van der Waals surface area contributed by atoms with E-state index in [4.69, 9.17) is 0 Å². The van der Waals surface area contributed by atoms with Crippen LogP contribution in [-0.2, 0) is 4.79 Å². The number of carbonyl (C=O) groups is 1. The average molecular weight is 290 g/mol. The fourth-order valence-corrected chi connectivity index (χ4v) is 6.45. The molecule has 4 bridgehead atoms. The van der Waals surface area contributed by atoms with Gasteiger partial charge >= 0.3 is 0 Å². The Morgan fingerprint density at radius 1 is 1.05 bits per heavy atom. The Morgan fingerprint density at radius 2 is 1.57 bits per heavy atom. The minimum absolute atomic E-state index is 0.283. The molecule has 1 N–H and O–H groups in total. The molecule has 3 heteroatoms. The predicted octanol–water partition coefficient (Wildman–Crippen LogP) is 2.66. The molecule has 3 nitrogen and oxygen atoms in total. The normalized spacial score (nSPS) is 42.2. The van der Waals surface area contributed by atoms with Gasteiger partial charge in [-0.1, -0.05) is 0 Å². The van der Waals surface area contributed by atoms with Gasteiger partial charge in [0.05, 0.1) is 0 Å². The second-order valence-corrected chi connectivity index (χ2v) is 8.64. The first-order chi connectivity index (χ1) is 10.1. The lowest BCUT2D eigenvalue weighted by Crippen LogP contribution is -2.52. The summed E-state index contributed by atoms with van der Waals surface area (Å²) in [6, 6.07) is 0. The molecule has 0 aromatic heterocycles. The van der Waals surface area contributed by atoms with Crippen LogP contribution in [-0.4, -0.2) is 37.5 Å². The first-order valence-corrected chi connectivity index (χ1v) is 9.09. The lowest BCUT2D eigenvalue weighted by atomic mass is 9.49. The fraction of sp³-hybridized carbons (Fsp3) is 0.944. The fourth-order valence-electron chi connectivity index (χ4n) is 6.45. The van der Waals surface area contributed by atoms with Gasteiger partial charge in [0.1, 0.15) is 0 Å². The van der Waals surface area contributed by atoms with Crippen molar-refractivity contribution >= 4 is 5.91 Å². The number of nitrogens with zero attached hydrogens (tertiary/aromatic N) is 1. The Hall–Kier alpha value is -0.570. The van der Waals surface area contributed by atoms with E-state index >= 15 is 0 Å². The quantitative estimate of drug-likeness (QED) is 0.866. The number of nitrogens with one attached hydrogen (secondary N) is 1. The summed E-state index contributed by atoms with van der Waals surface area (Å²) in [6.45, 7) is 3.07. The molecule has 0 unspecified atom stereocenters. The lowest BCUT2D eigenvalue weighted by Gasteiger charge is -2.57. The Morgan fingerprint density at radius 3 is 2.10 bits per heavy atom. The lowest BCUT2D eigenvalue weighted by molar-refractivity contribution is -0.140. The van der Waals surface area contributed by atoms with Gasteiger partial charge < -0.3 is 10.2 Å². The average Bonchev–Trinajstić information content (AvgIpc) is 2.45. The summed E-state index contributed by atoms with van der Waals surface area (Å²) in [5, 5.41) is 3.36. The zero-order chi connectivity index (χ0) is 14.4. The maximum Gasteiger partial charge on any atom is 0.225 e.